The van der Waals surface area contributed by atoms with Crippen LogP contribution in [-0.4, -0.2) is 26.1 Å². The van der Waals surface area contributed by atoms with Crippen LogP contribution in [0.2, 0.25) is 0 Å². The van der Waals surface area contributed by atoms with Crippen LogP contribution in [0.3, 0.4) is 0 Å². The van der Waals surface area contributed by atoms with Gasteiger partial charge in [0.2, 0.25) is 0 Å². The summed E-state index contributed by atoms with van der Waals surface area (Å²) in [6.45, 7) is 0. The first kappa shape index (κ1) is 9.61. The van der Waals surface area contributed by atoms with E-state index in [1.807, 2.05) is 0 Å². The lowest BCUT2D eigenvalue weighted by Gasteiger charge is -2.32. The van der Waals surface area contributed by atoms with Crippen LogP contribution < -0.4 is 5.73 Å². The number of aliphatic hydroxyl groups is 1. The van der Waals surface area contributed by atoms with Gasteiger partial charge in [-0.15, -0.1) is 5.10 Å². The van der Waals surface area contributed by atoms with Gasteiger partial charge >= 0.3 is 0 Å². The fourth-order valence-electron chi connectivity index (χ4n) is 1.93. The van der Waals surface area contributed by atoms with Gasteiger partial charge in [0.25, 0.3) is 0 Å². The summed E-state index contributed by atoms with van der Waals surface area (Å²) in [4.78, 5) is 0. The standard InChI is InChI=1S/C9H16N4O/c1-13-6-8(11-12-13)9(14)4-2-7(10)3-5-9/h6-7,14H,2-5,10H2,1H3. The summed E-state index contributed by atoms with van der Waals surface area (Å²) in [5.74, 6) is 0. The van der Waals surface area contributed by atoms with E-state index in [1.165, 1.54) is 0 Å². The molecule has 1 aromatic rings. The molecule has 1 aliphatic rings. The average Bonchev–Trinajstić information content (AvgIpc) is 2.58. The second-order valence-corrected chi connectivity index (χ2v) is 4.15. The van der Waals surface area contributed by atoms with E-state index >= 15 is 0 Å². The van der Waals surface area contributed by atoms with Gasteiger partial charge in [-0.1, -0.05) is 5.21 Å². The Morgan fingerprint density at radius 2 is 2.21 bits per heavy atom. The third-order valence-electron chi connectivity index (χ3n) is 2.94. The van der Waals surface area contributed by atoms with Crippen molar-refractivity contribution in [1.82, 2.24) is 15.0 Å². The summed E-state index contributed by atoms with van der Waals surface area (Å²) < 4.78 is 1.61. The molecule has 1 saturated carbocycles. The third-order valence-corrected chi connectivity index (χ3v) is 2.94. The fourth-order valence-corrected chi connectivity index (χ4v) is 1.93. The summed E-state index contributed by atoms with van der Waals surface area (Å²) in [6.07, 6.45) is 4.86. The number of rotatable bonds is 1. The second-order valence-electron chi connectivity index (χ2n) is 4.15. The molecule has 2 rings (SSSR count). The average molecular weight is 196 g/mol. The van der Waals surface area contributed by atoms with Crippen LogP contribution in [-0.2, 0) is 12.6 Å². The minimum Gasteiger partial charge on any atom is -0.383 e. The predicted octanol–water partition coefficient (Wildman–Crippen LogP) is -0.0960. The molecule has 3 N–H and O–H groups in total. The molecule has 5 heteroatoms. The van der Waals surface area contributed by atoms with Gasteiger partial charge in [0.1, 0.15) is 11.3 Å². The van der Waals surface area contributed by atoms with Gasteiger partial charge in [-0.3, -0.25) is 4.68 Å². The lowest BCUT2D eigenvalue weighted by atomic mass is 9.81. The van der Waals surface area contributed by atoms with E-state index in [-0.39, 0.29) is 6.04 Å². The molecule has 0 unspecified atom stereocenters. The van der Waals surface area contributed by atoms with E-state index in [2.05, 4.69) is 10.3 Å². The van der Waals surface area contributed by atoms with E-state index in [0.29, 0.717) is 18.5 Å². The van der Waals surface area contributed by atoms with E-state index in [1.54, 1.807) is 17.9 Å². The number of aromatic nitrogens is 3. The van der Waals surface area contributed by atoms with Crippen LogP contribution in [0.25, 0.3) is 0 Å². The van der Waals surface area contributed by atoms with Crippen LogP contribution in [0.15, 0.2) is 6.20 Å². The van der Waals surface area contributed by atoms with Crippen molar-refractivity contribution >= 4 is 0 Å². The van der Waals surface area contributed by atoms with Crippen LogP contribution in [0.1, 0.15) is 31.4 Å². The van der Waals surface area contributed by atoms with Gasteiger partial charge in [-0.2, -0.15) is 0 Å². The predicted molar refractivity (Wildman–Crippen MR) is 51.3 cm³/mol. The highest BCUT2D eigenvalue weighted by molar-refractivity contribution is 5.08. The highest BCUT2D eigenvalue weighted by Crippen LogP contribution is 2.35. The minimum absolute atomic E-state index is 0.229. The Balaban J connectivity index is 2.16. The SMILES string of the molecule is Cn1cc(C2(O)CCC(N)CC2)nn1. The molecule has 0 radical (unpaired) electrons. The van der Waals surface area contributed by atoms with Gasteiger partial charge in [-0.25, -0.2) is 0 Å². The van der Waals surface area contributed by atoms with E-state index in [4.69, 9.17) is 5.73 Å². The normalized spacial score (nSPS) is 33.2. The van der Waals surface area contributed by atoms with Crippen molar-refractivity contribution in [2.45, 2.75) is 37.3 Å². The maximum atomic E-state index is 10.3. The number of hydrogen-bond acceptors (Lipinski definition) is 4. The molecule has 1 heterocycles. The maximum Gasteiger partial charge on any atom is 0.114 e. The molecule has 0 atom stereocenters. The topological polar surface area (TPSA) is 77.0 Å². The quantitative estimate of drug-likeness (QED) is 0.657. The molecule has 78 valence electrons. The van der Waals surface area contributed by atoms with Crippen LogP contribution in [0, 0.1) is 0 Å². The van der Waals surface area contributed by atoms with Crippen LogP contribution in [0.5, 0.6) is 0 Å². The Bertz CT molecular complexity index is 314. The molecule has 5 nitrogen and oxygen atoms in total. The number of hydrogen-bond donors (Lipinski definition) is 2. The largest absolute Gasteiger partial charge is 0.383 e. The lowest BCUT2D eigenvalue weighted by molar-refractivity contribution is -0.00897. The Kier molecular flexibility index (Phi) is 2.28. The Morgan fingerprint density at radius 1 is 1.57 bits per heavy atom. The molecule has 0 saturated heterocycles. The molecule has 0 spiro atoms. The molecule has 0 aromatic carbocycles. The van der Waals surface area contributed by atoms with E-state index < -0.39 is 5.60 Å². The second kappa shape index (κ2) is 3.33. The van der Waals surface area contributed by atoms with Crippen molar-refractivity contribution in [2.75, 3.05) is 0 Å². The molecule has 1 aromatic heterocycles. The molecular weight excluding hydrogens is 180 g/mol. The van der Waals surface area contributed by atoms with Crippen molar-refractivity contribution in [1.29, 1.82) is 0 Å². The number of nitrogens with two attached hydrogens (primary N) is 1. The highest BCUT2D eigenvalue weighted by Gasteiger charge is 2.36. The molecule has 0 bridgehead atoms. The zero-order valence-electron chi connectivity index (χ0n) is 8.35. The molecule has 14 heavy (non-hydrogen) atoms. The molecule has 1 fully saturated rings. The first-order valence-corrected chi connectivity index (χ1v) is 4.95. The molecule has 0 amide bonds. The molecular formula is C9H16N4O. The lowest BCUT2D eigenvalue weighted by Crippen LogP contribution is -2.37. The van der Waals surface area contributed by atoms with E-state index in [9.17, 15) is 5.11 Å². The van der Waals surface area contributed by atoms with Gasteiger partial charge in [0.05, 0.1) is 6.20 Å². The van der Waals surface area contributed by atoms with Crippen molar-refractivity contribution in [3.8, 4) is 0 Å². The summed E-state index contributed by atoms with van der Waals surface area (Å²) in [5.41, 5.74) is 5.66. The highest BCUT2D eigenvalue weighted by atomic mass is 16.3. The van der Waals surface area contributed by atoms with Crippen molar-refractivity contribution < 1.29 is 5.11 Å². The van der Waals surface area contributed by atoms with Gasteiger partial charge < -0.3 is 10.8 Å². The van der Waals surface area contributed by atoms with Gasteiger partial charge in [0.15, 0.2) is 0 Å². The Morgan fingerprint density at radius 3 is 2.71 bits per heavy atom. The van der Waals surface area contributed by atoms with Crippen molar-refractivity contribution in [2.24, 2.45) is 12.8 Å². The first-order chi connectivity index (χ1) is 6.60. The van der Waals surface area contributed by atoms with Crippen molar-refractivity contribution in [3.05, 3.63) is 11.9 Å². The Labute approximate surface area is 82.9 Å². The first-order valence-electron chi connectivity index (χ1n) is 4.95. The smallest absolute Gasteiger partial charge is 0.114 e. The third kappa shape index (κ3) is 1.65. The summed E-state index contributed by atoms with van der Waals surface area (Å²) in [7, 11) is 1.80. The summed E-state index contributed by atoms with van der Waals surface area (Å²) >= 11 is 0. The van der Waals surface area contributed by atoms with Crippen LogP contribution in [0.4, 0.5) is 0 Å². The van der Waals surface area contributed by atoms with Gasteiger partial charge in [0, 0.05) is 13.1 Å². The summed E-state index contributed by atoms with van der Waals surface area (Å²) in [5, 5.41) is 18.1. The van der Waals surface area contributed by atoms with E-state index in [0.717, 1.165) is 12.8 Å². The zero-order valence-corrected chi connectivity index (χ0v) is 8.35. The Hall–Kier alpha value is -0.940. The minimum atomic E-state index is -0.801. The summed E-state index contributed by atoms with van der Waals surface area (Å²) in [6, 6.07) is 0.229. The monoisotopic (exact) mass is 196 g/mol. The van der Waals surface area contributed by atoms with Crippen molar-refractivity contribution in [3.63, 3.8) is 0 Å². The molecule has 0 aliphatic heterocycles. The van der Waals surface area contributed by atoms with Crippen LogP contribution >= 0.6 is 0 Å². The fraction of sp³-hybridized carbons (Fsp3) is 0.778. The number of aryl methyl sites for hydroxylation is 1. The zero-order chi connectivity index (χ0) is 10.2. The maximum absolute atomic E-state index is 10.3. The molecule has 1 aliphatic carbocycles. The van der Waals surface area contributed by atoms with Gasteiger partial charge in [-0.05, 0) is 25.7 Å². The number of nitrogens with zero attached hydrogens (tertiary/aromatic N) is 3.